The maximum absolute atomic E-state index is 11.9. The summed E-state index contributed by atoms with van der Waals surface area (Å²) < 4.78 is 3.94. The van der Waals surface area contributed by atoms with Gasteiger partial charge in [0.05, 0.1) is 12.1 Å². The highest BCUT2D eigenvalue weighted by Crippen LogP contribution is 2.24. The van der Waals surface area contributed by atoms with Gasteiger partial charge >= 0.3 is 5.97 Å². The summed E-state index contributed by atoms with van der Waals surface area (Å²) in [6.45, 7) is 1.59. The van der Waals surface area contributed by atoms with Crippen molar-refractivity contribution in [2.45, 2.75) is 13.3 Å². The lowest BCUT2D eigenvalue weighted by atomic mass is 10.1. The van der Waals surface area contributed by atoms with Crippen LogP contribution in [0.4, 0.5) is 5.00 Å². The van der Waals surface area contributed by atoms with Crippen LogP contribution in [0.15, 0.2) is 24.3 Å². The van der Waals surface area contributed by atoms with Crippen LogP contribution < -0.4 is 5.32 Å². The van der Waals surface area contributed by atoms with Crippen molar-refractivity contribution in [1.29, 1.82) is 0 Å². The van der Waals surface area contributed by atoms with Crippen LogP contribution >= 0.6 is 23.1 Å². The summed E-state index contributed by atoms with van der Waals surface area (Å²) in [4.78, 5) is 23.0. The Kier molecular flexibility index (Phi) is 4.36. The van der Waals surface area contributed by atoms with E-state index >= 15 is 0 Å². The minimum Gasteiger partial charge on any atom is -0.478 e. The number of aryl methyl sites for hydroxylation is 1. The van der Waals surface area contributed by atoms with Crippen molar-refractivity contribution in [1.82, 2.24) is 4.37 Å². The number of nitrogens with zero attached hydrogens (tertiary/aromatic N) is 1. The van der Waals surface area contributed by atoms with E-state index in [0.29, 0.717) is 10.7 Å². The second kappa shape index (κ2) is 6.02. The van der Waals surface area contributed by atoms with Gasteiger partial charge in [0.2, 0.25) is 5.91 Å². The molecule has 0 spiro atoms. The van der Waals surface area contributed by atoms with Gasteiger partial charge in [-0.3, -0.25) is 4.79 Å². The van der Waals surface area contributed by atoms with Crippen LogP contribution in [-0.2, 0) is 11.2 Å². The van der Waals surface area contributed by atoms with Crippen molar-refractivity contribution >= 4 is 40.0 Å². The number of aromatic carboxylic acids is 1. The van der Waals surface area contributed by atoms with Crippen LogP contribution in [0, 0.1) is 6.92 Å². The fourth-order valence-electron chi connectivity index (χ4n) is 1.71. The third-order valence-corrected chi connectivity index (χ3v) is 3.67. The number of rotatable bonds is 4. The molecule has 1 heterocycles. The Hall–Kier alpha value is -1.92. The first-order valence-electron chi connectivity index (χ1n) is 5.71. The van der Waals surface area contributed by atoms with E-state index in [4.69, 9.17) is 16.7 Å². The minimum absolute atomic E-state index is 0.0365. The summed E-state index contributed by atoms with van der Waals surface area (Å²) in [6, 6.07) is 6.95. The molecule has 104 valence electrons. The van der Waals surface area contributed by atoms with Crippen LogP contribution in [0.3, 0.4) is 0 Å². The molecule has 0 saturated carbocycles. The molecule has 0 saturated heterocycles. The predicted molar refractivity (Wildman–Crippen MR) is 77.6 cm³/mol. The van der Waals surface area contributed by atoms with Gasteiger partial charge in [-0.15, -0.1) is 0 Å². The number of halogens is 1. The highest BCUT2D eigenvalue weighted by Gasteiger charge is 2.19. The summed E-state index contributed by atoms with van der Waals surface area (Å²) in [5.74, 6) is -1.41. The molecular formula is C13H11ClN2O3S. The lowest BCUT2D eigenvalue weighted by molar-refractivity contribution is -0.115. The normalized spacial score (nSPS) is 10.3. The van der Waals surface area contributed by atoms with Gasteiger partial charge in [-0.05, 0) is 36.2 Å². The van der Waals surface area contributed by atoms with E-state index in [2.05, 4.69) is 9.69 Å². The number of amides is 1. The second-order valence-corrected chi connectivity index (χ2v) is 5.34. The van der Waals surface area contributed by atoms with E-state index in [1.54, 1.807) is 31.2 Å². The van der Waals surface area contributed by atoms with E-state index in [1.807, 2.05) is 0 Å². The Morgan fingerprint density at radius 2 is 2.20 bits per heavy atom. The molecule has 0 unspecified atom stereocenters. The molecule has 0 atom stereocenters. The van der Waals surface area contributed by atoms with Gasteiger partial charge in [0.1, 0.15) is 10.6 Å². The first-order chi connectivity index (χ1) is 9.47. The van der Waals surface area contributed by atoms with Gasteiger partial charge in [-0.2, -0.15) is 4.37 Å². The third kappa shape index (κ3) is 3.34. The van der Waals surface area contributed by atoms with E-state index in [-0.39, 0.29) is 22.9 Å². The number of carboxylic acid groups (broad SMARTS) is 1. The molecule has 0 bridgehead atoms. The zero-order chi connectivity index (χ0) is 14.7. The average Bonchev–Trinajstić information content (AvgIpc) is 2.70. The molecule has 0 radical (unpaired) electrons. The number of anilines is 1. The average molecular weight is 311 g/mol. The maximum Gasteiger partial charge on any atom is 0.340 e. The number of benzene rings is 1. The lowest BCUT2D eigenvalue weighted by Gasteiger charge is -2.04. The van der Waals surface area contributed by atoms with Crippen LogP contribution in [0.2, 0.25) is 5.02 Å². The monoisotopic (exact) mass is 310 g/mol. The van der Waals surface area contributed by atoms with E-state index in [1.165, 1.54) is 0 Å². The molecule has 0 aliphatic rings. The molecule has 7 heteroatoms. The van der Waals surface area contributed by atoms with Crippen molar-refractivity contribution < 1.29 is 14.7 Å². The number of carbonyl (C=O) groups is 2. The molecular weight excluding hydrogens is 300 g/mol. The Morgan fingerprint density at radius 1 is 1.45 bits per heavy atom. The van der Waals surface area contributed by atoms with Crippen LogP contribution in [-0.4, -0.2) is 21.4 Å². The quantitative estimate of drug-likeness (QED) is 0.910. The Balaban J connectivity index is 2.11. The van der Waals surface area contributed by atoms with Crippen LogP contribution in [0.25, 0.3) is 0 Å². The molecule has 1 aromatic carbocycles. The topological polar surface area (TPSA) is 79.3 Å². The first-order valence-corrected chi connectivity index (χ1v) is 6.86. The molecule has 0 fully saturated rings. The standard InChI is InChI=1S/C13H11ClN2O3S/c1-7-11(13(18)19)12(20-16-7)15-10(17)6-8-3-2-4-9(14)5-8/h2-5H,6H2,1H3,(H,15,17)(H,18,19). The zero-order valence-corrected chi connectivity index (χ0v) is 12.1. The SMILES string of the molecule is Cc1nsc(NC(=O)Cc2cccc(Cl)c2)c1C(=O)O. The van der Waals surface area contributed by atoms with Gasteiger partial charge in [-0.1, -0.05) is 23.7 Å². The van der Waals surface area contributed by atoms with E-state index < -0.39 is 5.97 Å². The zero-order valence-electron chi connectivity index (χ0n) is 10.5. The fraction of sp³-hybridized carbons (Fsp3) is 0.154. The Morgan fingerprint density at radius 3 is 2.85 bits per heavy atom. The highest BCUT2D eigenvalue weighted by atomic mass is 35.5. The van der Waals surface area contributed by atoms with Crippen LogP contribution in [0.5, 0.6) is 0 Å². The maximum atomic E-state index is 11.9. The Bertz CT molecular complexity index is 669. The van der Waals surface area contributed by atoms with Crippen molar-refractivity contribution in [3.05, 3.63) is 46.1 Å². The molecule has 20 heavy (non-hydrogen) atoms. The smallest absolute Gasteiger partial charge is 0.340 e. The first kappa shape index (κ1) is 14.5. The molecule has 2 aromatic rings. The number of carbonyl (C=O) groups excluding carboxylic acids is 1. The van der Waals surface area contributed by atoms with Crippen molar-refractivity contribution in [2.24, 2.45) is 0 Å². The van der Waals surface area contributed by atoms with Crippen molar-refractivity contribution in [3.63, 3.8) is 0 Å². The van der Waals surface area contributed by atoms with Gasteiger partial charge < -0.3 is 10.4 Å². The predicted octanol–water partition coefficient (Wildman–Crippen LogP) is 2.98. The summed E-state index contributed by atoms with van der Waals surface area (Å²) in [7, 11) is 0. The number of nitrogens with one attached hydrogen (secondary N) is 1. The summed E-state index contributed by atoms with van der Waals surface area (Å²) in [5.41, 5.74) is 1.18. The number of carboxylic acids is 1. The highest BCUT2D eigenvalue weighted by molar-refractivity contribution is 7.11. The molecule has 1 amide bonds. The molecule has 0 aliphatic heterocycles. The lowest BCUT2D eigenvalue weighted by Crippen LogP contribution is -2.15. The van der Waals surface area contributed by atoms with Crippen molar-refractivity contribution in [3.8, 4) is 0 Å². The number of hydrogen-bond acceptors (Lipinski definition) is 4. The largest absolute Gasteiger partial charge is 0.478 e. The number of hydrogen-bond donors (Lipinski definition) is 2. The van der Waals surface area contributed by atoms with Gasteiger partial charge in [0, 0.05) is 5.02 Å². The van der Waals surface area contributed by atoms with E-state index in [0.717, 1.165) is 17.1 Å². The summed E-state index contributed by atoms with van der Waals surface area (Å²) in [5, 5.41) is 12.4. The van der Waals surface area contributed by atoms with Gasteiger partial charge in [0.25, 0.3) is 0 Å². The van der Waals surface area contributed by atoms with Gasteiger partial charge in [0.15, 0.2) is 0 Å². The molecule has 2 N–H and O–H groups in total. The Labute approximate surface area is 124 Å². The van der Waals surface area contributed by atoms with Crippen LogP contribution in [0.1, 0.15) is 21.6 Å². The van der Waals surface area contributed by atoms with Gasteiger partial charge in [-0.25, -0.2) is 4.79 Å². The third-order valence-electron chi connectivity index (χ3n) is 2.58. The molecule has 0 aliphatic carbocycles. The minimum atomic E-state index is -1.10. The fourth-order valence-corrected chi connectivity index (χ4v) is 2.73. The number of aromatic nitrogens is 1. The molecule has 2 rings (SSSR count). The second-order valence-electron chi connectivity index (χ2n) is 4.13. The molecule has 1 aromatic heterocycles. The summed E-state index contributed by atoms with van der Waals surface area (Å²) >= 11 is 6.80. The molecule has 5 nitrogen and oxygen atoms in total. The van der Waals surface area contributed by atoms with Crippen molar-refractivity contribution in [2.75, 3.05) is 5.32 Å². The van der Waals surface area contributed by atoms with E-state index in [9.17, 15) is 9.59 Å². The summed E-state index contributed by atoms with van der Waals surface area (Å²) in [6.07, 6.45) is 0.122.